The smallest absolute Gasteiger partial charge is 0.334 e. The molecule has 2 aromatic carbocycles. The number of nitro groups is 2. The molecule has 1 aliphatic heterocycles. The van der Waals surface area contributed by atoms with E-state index in [1.165, 1.54) is 36.0 Å². The van der Waals surface area contributed by atoms with Gasteiger partial charge in [-0.05, 0) is 37.8 Å². The summed E-state index contributed by atoms with van der Waals surface area (Å²) in [7, 11) is 0. The molecule has 2 aliphatic carbocycles. The van der Waals surface area contributed by atoms with Crippen molar-refractivity contribution in [3.8, 4) is 0 Å². The van der Waals surface area contributed by atoms with Crippen LogP contribution >= 0.6 is 11.8 Å². The Bertz CT molecular complexity index is 1440. The van der Waals surface area contributed by atoms with Crippen LogP contribution < -0.4 is 0 Å². The lowest BCUT2D eigenvalue weighted by Gasteiger charge is -2.49. The van der Waals surface area contributed by atoms with Gasteiger partial charge < -0.3 is 9.47 Å². The summed E-state index contributed by atoms with van der Waals surface area (Å²) in [5, 5.41) is 22.7. The van der Waals surface area contributed by atoms with E-state index in [4.69, 9.17) is 9.47 Å². The number of carbonyl (C=O) groups excluding carboxylic acids is 3. The maximum atomic E-state index is 15.4. The van der Waals surface area contributed by atoms with Crippen LogP contribution in [0.4, 0.5) is 11.4 Å². The molecule has 2 spiro atoms. The number of allylic oxidation sites excluding steroid dienone is 2. The molecule has 3 aliphatic rings. The average molecular weight is 607 g/mol. The second kappa shape index (κ2) is 11.8. The molecule has 43 heavy (non-hydrogen) atoms. The number of carbonyl (C=O) groups is 3. The molecule has 224 valence electrons. The van der Waals surface area contributed by atoms with Gasteiger partial charge in [0.25, 0.3) is 11.4 Å². The zero-order valence-corrected chi connectivity index (χ0v) is 24.5. The molecule has 12 heteroatoms. The molecule has 0 N–H and O–H groups in total. The lowest BCUT2D eigenvalue weighted by Crippen LogP contribution is -2.56. The lowest BCUT2D eigenvalue weighted by atomic mass is 9.57. The van der Waals surface area contributed by atoms with Gasteiger partial charge in [0, 0.05) is 58.8 Å². The van der Waals surface area contributed by atoms with Gasteiger partial charge in [0.1, 0.15) is 0 Å². The van der Waals surface area contributed by atoms with Crippen molar-refractivity contribution in [3.63, 3.8) is 0 Å². The molecule has 0 unspecified atom stereocenters. The number of thioether (sulfide) groups is 1. The van der Waals surface area contributed by atoms with Crippen LogP contribution in [0, 0.1) is 31.1 Å². The van der Waals surface area contributed by atoms with Gasteiger partial charge in [-0.15, -0.1) is 0 Å². The van der Waals surface area contributed by atoms with Crippen LogP contribution in [-0.4, -0.2) is 52.3 Å². The van der Waals surface area contributed by atoms with E-state index in [-0.39, 0.29) is 53.0 Å². The van der Waals surface area contributed by atoms with Gasteiger partial charge in [0.2, 0.25) is 0 Å². The predicted molar refractivity (Wildman–Crippen MR) is 158 cm³/mol. The Hall–Kier alpha value is -4.32. The van der Waals surface area contributed by atoms with E-state index < -0.39 is 44.5 Å². The van der Waals surface area contributed by atoms with Crippen LogP contribution in [0.1, 0.15) is 49.7 Å². The summed E-state index contributed by atoms with van der Waals surface area (Å²) >= 11 is 1.45. The largest absolute Gasteiger partial charge is 0.463 e. The van der Waals surface area contributed by atoms with Gasteiger partial charge in [-0.1, -0.05) is 36.4 Å². The van der Waals surface area contributed by atoms with Crippen molar-refractivity contribution in [3.05, 3.63) is 103 Å². The highest BCUT2D eigenvalue weighted by molar-refractivity contribution is 7.99. The monoisotopic (exact) mass is 606 g/mol. The molecular weight excluding hydrogens is 576 g/mol. The molecule has 0 saturated carbocycles. The zero-order chi connectivity index (χ0) is 30.9. The minimum Gasteiger partial charge on any atom is -0.463 e. The zero-order valence-electron chi connectivity index (χ0n) is 23.6. The third kappa shape index (κ3) is 4.83. The van der Waals surface area contributed by atoms with Crippen molar-refractivity contribution >= 4 is 40.9 Å². The first-order chi connectivity index (χ1) is 20.6. The Kier molecular flexibility index (Phi) is 8.24. The molecule has 5 rings (SSSR count). The molecular formula is C31H30N2O9S. The first-order valence-corrected chi connectivity index (χ1v) is 15.1. The summed E-state index contributed by atoms with van der Waals surface area (Å²) in [6.45, 7) is 3.55. The highest BCUT2D eigenvalue weighted by Crippen LogP contribution is 2.65. The molecule has 1 fully saturated rings. The van der Waals surface area contributed by atoms with Crippen LogP contribution in [0.5, 0.6) is 0 Å². The maximum Gasteiger partial charge on any atom is 0.334 e. The molecule has 2 aromatic rings. The highest BCUT2D eigenvalue weighted by atomic mass is 32.2. The summed E-state index contributed by atoms with van der Waals surface area (Å²) in [5.74, 6) is -2.18. The Balaban J connectivity index is 1.69. The van der Waals surface area contributed by atoms with Crippen molar-refractivity contribution in [2.45, 2.75) is 38.5 Å². The highest BCUT2D eigenvalue weighted by Gasteiger charge is 2.67. The first-order valence-electron chi connectivity index (χ1n) is 14.0. The summed E-state index contributed by atoms with van der Waals surface area (Å²) < 4.78 is 10.8. The number of ether oxygens (including phenoxy) is 2. The van der Waals surface area contributed by atoms with Crippen molar-refractivity contribution in [1.82, 2.24) is 0 Å². The predicted octanol–water partition coefficient (Wildman–Crippen LogP) is 5.45. The van der Waals surface area contributed by atoms with E-state index in [0.717, 1.165) is 0 Å². The summed E-state index contributed by atoms with van der Waals surface area (Å²) in [6.07, 6.45) is 4.06. The van der Waals surface area contributed by atoms with Gasteiger partial charge in [-0.2, -0.15) is 11.8 Å². The molecule has 1 saturated heterocycles. The van der Waals surface area contributed by atoms with E-state index in [1.807, 2.05) is 0 Å². The number of hydrogen-bond donors (Lipinski definition) is 0. The SMILES string of the molecule is CCOC(=O)C1=CC[C@H](c2ccc([N+](=O)[O-])cc2)[C@]12CSC[C@]1(C2=O)C(C(=O)OCC)=CC[C@@H]1c1ccc([N+](=O)[O-])cc1. The fourth-order valence-electron chi connectivity index (χ4n) is 6.88. The number of non-ortho nitro benzene ring substituents is 2. The van der Waals surface area contributed by atoms with Crippen LogP contribution in [0.3, 0.4) is 0 Å². The number of ketones is 1. The van der Waals surface area contributed by atoms with E-state index >= 15 is 4.79 Å². The fourth-order valence-corrected chi connectivity index (χ4v) is 8.60. The molecule has 0 aromatic heterocycles. The van der Waals surface area contributed by atoms with Gasteiger partial charge in [0.05, 0.1) is 33.9 Å². The average Bonchev–Trinajstić information content (AvgIpc) is 3.56. The van der Waals surface area contributed by atoms with Gasteiger partial charge in [-0.3, -0.25) is 25.0 Å². The van der Waals surface area contributed by atoms with E-state index in [1.54, 1.807) is 50.3 Å². The van der Waals surface area contributed by atoms with Gasteiger partial charge in [0.15, 0.2) is 5.78 Å². The Labute approximate surface area is 251 Å². The number of nitrogens with zero attached hydrogens (tertiary/aromatic N) is 2. The number of rotatable bonds is 8. The minimum absolute atomic E-state index is 0.0975. The van der Waals surface area contributed by atoms with Crippen molar-refractivity contribution in [2.24, 2.45) is 10.8 Å². The molecule has 1 heterocycles. The third-order valence-corrected chi connectivity index (χ3v) is 10.1. The van der Waals surface area contributed by atoms with Crippen LogP contribution in [0.25, 0.3) is 0 Å². The normalized spacial score (nSPS) is 26.2. The molecule has 4 atom stereocenters. The van der Waals surface area contributed by atoms with Crippen molar-refractivity contribution in [1.29, 1.82) is 0 Å². The number of benzene rings is 2. The number of esters is 2. The first kappa shape index (κ1) is 30.1. The second-order valence-electron chi connectivity index (χ2n) is 10.7. The Morgan fingerprint density at radius 2 is 1.14 bits per heavy atom. The summed E-state index contributed by atoms with van der Waals surface area (Å²) in [6, 6.07) is 11.9. The minimum atomic E-state index is -1.40. The van der Waals surface area contributed by atoms with E-state index in [0.29, 0.717) is 24.0 Å². The number of Topliss-reactive ketones (excluding diaryl/α,β-unsaturated/α-hetero) is 1. The van der Waals surface area contributed by atoms with E-state index in [9.17, 15) is 29.8 Å². The summed E-state index contributed by atoms with van der Waals surface area (Å²) in [5.41, 5.74) is -1.27. The number of nitro benzene ring substituents is 2. The van der Waals surface area contributed by atoms with Crippen LogP contribution in [0.2, 0.25) is 0 Å². The molecule has 0 radical (unpaired) electrons. The molecule has 0 amide bonds. The van der Waals surface area contributed by atoms with Crippen molar-refractivity contribution < 1.29 is 33.7 Å². The topological polar surface area (TPSA) is 156 Å². The Morgan fingerprint density at radius 3 is 1.47 bits per heavy atom. The van der Waals surface area contributed by atoms with Crippen molar-refractivity contribution in [2.75, 3.05) is 24.7 Å². The fraction of sp³-hybridized carbons (Fsp3) is 0.387. The maximum absolute atomic E-state index is 15.4. The lowest BCUT2D eigenvalue weighted by molar-refractivity contribution is -0.385. The molecule has 11 nitrogen and oxygen atoms in total. The number of hydrogen-bond acceptors (Lipinski definition) is 10. The van der Waals surface area contributed by atoms with Crippen LogP contribution in [-0.2, 0) is 23.9 Å². The second-order valence-corrected chi connectivity index (χ2v) is 11.7. The standard InChI is InChI=1S/C31H30N2O9S/c1-3-41-27(34)25-15-13-23(19-5-9-21(10-6-19)32(37)38)30(25)17-43-18-31(29(30)36)24(14-16-26(31)28(35)42-4-2)20-7-11-22(12-8-20)33(39)40/h5-12,15-16,23-24H,3-4,13-14,17-18H2,1-2H3/t23-,24-,30-,31-/m1/s1. The van der Waals surface area contributed by atoms with Gasteiger partial charge in [-0.25, -0.2) is 9.59 Å². The van der Waals surface area contributed by atoms with Gasteiger partial charge >= 0.3 is 11.9 Å². The third-order valence-electron chi connectivity index (χ3n) is 8.74. The Morgan fingerprint density at radius 1 is 0.767 bits per heavy atom. The summed E-state index contributed by atoms with van der Waals surface area (Å²) in [4.78, 5) is 64.0. The van der Waals surface area contributed by atoms with Crippen LogP contribution in [0.15, 0.2) is 71.8 Å². The quantitative estimate of drug-likeness (QED) is 0.215. The molecule has 0 bridgehead atoms. The van der Waals surface area contributed by atoms with E-state index in [2.05, 4.69) is 0 Å².